The molecule has 78 valence electrons. The summed E-state index contributed by atoms with van der Waals surface area (Å²) in [4.78, 5) is 0. The topological polar surface area (TPSA) is 21.3 Å². The standard InChI is InChI=1S/C12H19NO/c1-9-6-5-7-11(12(9)14-4)8-10(2)13-3/h5-7,10,13H,8H2,1-4H3. The van der Waals surface area contributed by atoms with Crippen molar-refractivity contribution in [3.05, 3.63) is 29.3 Å². The van der Waals surface area contributed by atoms with Crippen LogP contribution in [0.25, 0.3) is 0 Å². The van der Waals surface area contributed by atoms with E-state index in [-0.39, 0.29) is 0 Å². The van der Waals surface area contributed by atoms with Crippen molar-refractivity contribution in [1.29, 1.82) is 0 Å². The number of rotatable bonds is 4. The van der Waals surface area contributed by atoms with E-state index < -0.39 is 0 Å². The zero-order valence-corrected chi connectivity index (χ0v) is 9.42. The summed E-state index contributed by atoms with van der Waals surface area (Å²) in [6.07, 6.45) is 1.00. The van der Waals surface area contributed by atoms with Gasteiger partial charge >= 0.3 is 0 Å². The van der Waals surface area contributed by atoms with Gasteiger partial charge in [0.25, 0.3) is 0 Å². The van der Waals surface area contributed by atoms with Gasteiger partial charge in [0.05, 0.1) is 7.11 Å². The maximum Gasteiger partial charge on any atom is 0.125 e. The van der Waals surface area contributed by atoms with Crippen molar-refractivity contribution in [1.82, 2.24) is 5.32 Å². The van der Waals surface area contributed by atoms with Gasteiger partial charge in [0.15, 0.2) is 0 Å². The van der Waals surface area contributed by atoms with Crippen LogP contribution in [0.2, 0.25) is 0 Å². The number of methoxy groups -OCH3 is 1. The summed E-state index contributed by atoms with van der Waals surface area (Å²) in [6.45, 7) is 4.24. The Bertz CT molecular complexity index is 296. The van der Waals surface area contributed by atoms with Crippen LogP contribution in [0, 0.1) is 6.92 Å². The predicted molar refractivity (Wildman–Crippen MR) is 60.0 cm³/mol. The minimum atomic E-state index is 0.477. The Morgan fingerprint density at radius 1 is 1.43 bits per heavy atom. The quantitative estimate of drug-likeness (QED) is 0.791. The number of hydrogen-bond acceptors (Lipinski definition) is 2. The first-order valence-corrected chi connectivity index (χ1v) is 4.98. The number of hydrogen-bond donors (Lipinski definition) is 1. The molecule has 0 aliphatic rings. The average molecular weight is 193 g/mol. The predicted octanol–water partition coefficient (Wildman–Crippen LogP) is 2.15. The smallest absolute Gasteiger partial charge is 0.125 e. The summed E-state index contributed by atoms with van der Waals surface area (Å²) >= 11 is 0. The van der Waals surface area contributed by atoms with Crippen LogP contribution in [-0.2, 0) is 6.42 Å². The molecule has 1 rings (SSSR count). The minimum absolute atomic E-state index is 0.477. The first kappa shape index (κ1) is 11.1. The van der Waals surface area contributed by atoms with E-state index in [1.54, 1.807) is 7.11 Å². The van der Waals surface area contributed by atoms with Crippen molar-refractivity contribution < 1.29 is 4.74 Å². The lowest BCUT2D eigenvalue weighted by Crippen LogP contribution is -2.23. The van der Waals surface area contributed by atoms with Gasteiger partial charge in [-0.2, -0.15) is 0 Å². The second kappa shape index (κ2) is 5.01. The molecule has 14 heavy (non-hydrogen) atoms. The Kier molecular flexibility index (Phi) is 3.96. The van der Waals surface area contributed by atoms with E-state index in [9.17, 15) is 0 Å². The highest BCUT2D eigenvalue weighted by Gasteiger charge is 2.08. The first-order chi connectivity index (χ1) is 6.69. The normalized spacial score (nSPS) is 12.6. The van der Waals surface area contributed by atoms with Crippen LogP contribution in [0.15, 0.2) is 18.2 Å². The highest BCUT2D eigenvalue weighted by molar-refractivity contribution is 5.41. The number of likely N-dealkylation sites (N-methyl/N-ethyl adjacent to an activating group) is 1. The summed E-state index contributed by atoms with van der Waals surface area (Å²) in [5.74, 6) is 1.02. The molecule has 0 aromatic heterocycles. The van der Waals surface area contributed by atoms with Crippen molar-refractivity contribution in [3.63, 3.8) is 0 Å². The molecular formula is C12H19NO. The highest BCUT2D eigenvalue weighted by atomic mass is 16.5. The van der Waals surface area contributed by atoms with E-state index in [2.05, 4.69) is 37.4 Å². The summed E-state index contributed by atoms with van der Waals surface area (Å²) in [5, 5.41) is 3.23. The summed E-state index contributed by atoms with van der Waals surface area (Å²) in [5.41, 5.74) is 2.47. The molecule has 0 saturated carbocycles. The Morgan fingerprint density at radius 3 is 2.71 bits per heavy atom. The van der Waals surface area contributed by atoms with E-state index in [1.807, 2.05) is 7.05 Å². The third kappa shape index (κ3) is 2.48. The van der Waals surface area contributed by atoms with Crippen molar-refractivity contribution >= 4 is 0 Å². The van der Waals surface area contributed by atoms with Crippen molar-refractivity contribution in [3.8, 4) is 5.75 Å². The van der Waals surface area contributed by atoms with Crippen LogP contribution in [0.5, 0.6) is 5.75 Å². The third-order valence-electron chi connectivity index (χ3n) is 2.52. The number of para-hydroxylation sites is 1. The summed E-state index contributed by atoms with van der Waals surface area (Å²) in [7, 11) is 3.71. The fraction of sp³-hybridized carbons (Fsp3) is 0.500. The second-order valence-corrected chi connectivity index (χ2v) is 3.66. The van der Waals surface area contributed by atoms with Gasteiger partial charge < -0.3 is 10.1 Å². The zero-order valence-electron chi connectivity index (χ0n) is 9.42. The molecule has 2 heteroatoms. The van der Waals surface area contributed by atoms with Gasteiger partial charge in [0, 0.05) is 6.04 Å². The van der Waals surface area contributed by atoms with Gasteiger partial charge in [-0.05, 0) is 38.4 Å². The molecule has 1 unspecified atom stereocenters. The summed E-state index contributed by atoms with van der Waals surface area (Å²) < 4.78 is 5.39. The molecule has 1 atom stereocenters. The molecule has 0 amide bonds. The van der Waals surface area contributed by atoms with Crippen molar-refractivity contribution in [2.45, 2.75) is 26.3 Å². The van der Waals surface area contributed by atoms with E-state index in [1.165, 1.54) is 11.1 Å². The summed E-state index contributed by atoms with van der Waals surface area (Å²) in [6, 6.07) is 6.76. The second-order valence-electron chi connectivity index (χ2n) is 3.66. The van der Waals surface area contributed by atoms with Gasteiger partial charge in [0.2, 0.25) is 0 Å². The molecule has 0 saturated heterocycles. The SMILES string of the molecule is CNC(C)Cc1cccc(C)c1OC. The van der Waals surface area contributed by atoms with Gasteiger partial charge in [-0.25, -0.2) is 0 Å². The fourth-order valence-electron chi connectivity index (χ4n) is 1.60. The molecule has 0 fully saturated rings. The maximum absolute atomic E-state index is 5.39. The zero-order chi connectivity index (χ0) is 10.6. The molecule has 1 aromatic carbocycles. The maximum atomic E-state index is 5.39. The molecular weight excluding hydrogens is 174 g/mol. The Hall–Kier alpha value is -1.02. The number of benzene rings is 1. The van der Waals surface area contributed by atoms with E-state index in [4.69, 9.17) is 4.74 Å². The Balaban J connectivity index is 2.90. The van der Waals surface area contributed by atoms with E-state index >= 15 is 0 Å². The van der Waals surface area contributed by atoms with Gasteiger partial charge in [-0.3, -0.25) is 0 Å². The van der Waals surface area contributed by atoms with Crippen LogP contribution in [0.3, 0.4) is 0 Å². The van der Waals surface area contributed by atoms with Crippen molar-refractivity contribution in [2.75, 3.05) is 14.2 Å². The number of nitrogens with one attached hydrogen (secondary N) is 1. The van der Waals surface area contributed by atoms with Gasteiger partial charge in [-0.15, -0.1) is 0 Å². The Morgan fingerprint density at radius 2 is 2.14 bits per heavy atom. The van der Waals surface area contributed by atoms with Gasteiger partial charge in [0.1, 0.15) is 5.75 Å². The number of aryl methyl sites for hydroxylation is 1. The number of ether oxygens (including phenoxy) is 1. The van der Waals surface area contributed by atoms with E-state index in [0.29, 0.717) is 6.04 Å². The minimum Gasteiger partial charge on any atom is -0.496 e. The van der Waals surface area contributed by atoms with E-state index in [0.717, 1.165) is 12.2 Å². The van der Waals surface area contributed by atoms with Crippen molar-refractivity contribution in [2.24, 2.45) is 0 Å². The first-order valence-electron chi connectivity index (χ1n) is 4.98. The molecule has 0 radical (unpaired) electrons. The van der Waals surface area contributed by atoms with Crippen LogP contribution >= 0.6 is 0 Å². The van der Waals surface area contributed by atoms with Crippen LogP contribution in [0.1, 0.15) is 18.1 Å². The molecule has 0 aliphatic carbocycles. The molecule has 1 N–H and O–H groups in total. The molecule has 0 aliphatic heterocycles. The molecule has 1 aromatic rings. The lowest BCUT2D eigenvalue weighted by molar-refractivity contribution is 0.404. The van der Waals surface area contributed by atoms with Crippen LogP contribution in [-0.4, -0.2) is 20.2 Å². The molecule has 0 bridgehead atoms. The fourth-order valence-corrected chi connectivity index (χ4v) is 1.60. The molecule has 2 nitrogen and oxygen atoms in total. The third-order valence-corrected chi connectivity index (χ3v) is 2.52. The monoisotopic (exact) mass is 193 g/mol. The van der Waals surface area contributed by atoms with Crippen LogP contribution in [0.4, 0.5) is 0 Å². The highest BCUT2D eigenvalue weighted by Crippen LogP contribution is 2.23. The lowest BCUT2D eigenvalue weighted by Gasteiger charge is -2.14. The Labute approximate surface area is 86.3 Å². The van der Waals surface area contributed by atoms with Gasteiger partial charge in [-0.1, -0.05) is 18.2 Å². The van der Waals surface area contributed by atoms with Crippen LogP contribution < -0.4 is 10.1 Å². The largest absolute Gasteiger partial charge is 0.496 e. The molecule has 0 heterocycles. The average Bonchev–Trinajstić information content (AvgIpc) is 2.18. The molecule has 0 spiro atoms. The lowest BCUT2D eigenvalue weighted by atomic mass is 10.0.